The third-order valence-corrected chi connectivity index (χ3v) is 4.54. The van der Waals surface area contributed by atoms with Crippen molar-refractivity contribution in [1.29, 1.82) is 5.26 Å². The van der Waals surface area contributed by atoms with Crippen LogP contribution in [-0.2, 0) is 11.3 Å². The van der Waals surface area contributed by atoms with Gasteiger partial charge in [-0.15, -0.1) is 0 Å². The Hall–Kier alpha value is -2.73. The molecule has 0 aromatic carbocycles. The maximum Gasteiger partial charge on any atom is 0.280 e. The quantitative estimate of drug-likeness (QED) is 0.601. The summed E-state index contributed by atoms with van der Waals surface area (Å²) in [6, 6.07) is 1.71. The van der Waals surface area contributed by atoms with E-state index in [-0.39, 0.29) is 34.6 Å². The lowest BCUT2D eigenvalue weighted by Gasteiger charge is -2.17. The second-order valence-corrected chi connectivity index (χ2v) is 6.85. The molecule has 0 saturated heterocycles. The van der Waals surface area contributed by atoms with Gasteiger partial charge >= 0.3 is 0 Å². The minimum atomic E-state index is -0.464. The van der Waals surface area contributed by atoms with Crippen molar-refractivity contribution < 1.29 is 4.79 Å². The molecule has 0 amide bonds. The van der Waals surface area contributed by atoms with Crippen LogP contribution in [0, 0.1) is 23.2 Å². The molecule has 2 aromatic rings. The summed E-state index contributed by atoms with van der Waals surface area (Å²) in [4.78, 5) is 34.5. The topological polar surface area (TPSA) is 156 Å². The van der Waals surface area contributed by atoms with Crippen molar-refractivity contribution in [3.63, 3.8) is 0 Å². The van der Waals surface area contributed by atoms with Gasteiger partial charge in [0.15, 0.2) is 11.2 Å². The van der Waals surface area contributed by atoms with Crippen LogP contribution in [0.2, 0.25) is 0 Å². The van der Waals surface area contributed by atoms with Gasteiger partial charge in [-0.05, 0) is 24.7 Å². The molecule has 26 heavy (non-hydrogen) atoms. The van der Waals surface area contributed by atoms with Crippen LogP contribution in [0.5, 0.6) is 0 Å². The molecule has 2 rings (SSSR count). The highest BCUT2D eigenvalue weighted by molar-refractivity contribution is 5.83. The Kier molecular flexibility index (Phi) is 6.46. The molecule has 0 saturated carbocycles. The molecule has 2 atom stereocenters. The van der Waals surface area contributed by atoms with Crippen molar-refractivity contribution in [3.05, 3.63) is 16.7 Å². The molecule has 0 radical (unpaired) electrons. The SMILES string of the molecule is CC(C)C(N)C(=O)CCC(CC#N)CCn1cnc2c(=O)[nH]c(N)nc21. The number of aromatic amines is 1. The van der Waals surface area contributed by atoms with E-state index < -0.39 is 6.04 Å². The van der Waals surface area contributed by atoms with Crippen LogP contribution >= 0.6 is 0 Å². The van der Waals surface area contributed by atoms with Crippen molar-refractivity contribution in [3.8, 4) is 6.07 Å². The average molecular weight is 359 g/mol. The van der Waals surface area contributed by atoms with Gasteiger partial charge in [0.2, 0.25) is 5.95 Å². The second-order valence-electron chi connectivity index (χ2n) is 6.85. The molecule has 0 aliphatic carbocycles. The smallest absolute Gasteiger partial charge is 0.280 e. The molecule has 2 aromatic heterocycles. The number of ketones is 1. The molecule has 0 bridgehead atoms. The van der Waals surface area contributed by atoms with E-state index in [1.165, 1.54) is 6.33 Å². The van der Waals surface area contributed by atoms with Crippen LogP contribution in [-0.4, -0.2) is 31.3 Å². The Bertz CT molecular complexity index is 862. The Morgan fingerprint density at radius 1 is 1.42 bits per heavy atom. The number of H-pyrrole nitrogens is 1. The van der Waals surface area contributed by atoms with Crippen LogP contribution in [0.25, 0.3) is 11.2 Å². The molecular formula is C17H25N7O2. The van der Waals surface area contributed by atoms with Crippen LogP contribution in [0.1, 0.15) is 39.5 Å². The predicted molar refractivity (Wildman–Crippen MR) is 98.0 cm³/mol. The Labute approximate surface area is 151 Å². The summed E-state index contributed by atoms with van der Waals surface area (Å²) >= 11 is 0. The van der Waals surface area contributed by atoms with Crippen molar-refractivity contribution in [1.82, 2.24) is 19.5 Å². The summed E-state index contributed by atoms with van der Waals surface area (Å²) in [5, 5.41) is 9.05. The Balaban J connectivity index is 2.02. The van der Waals surface area contributed by atoms with Crippen molar-refractivity contribution in [2.75, 3.05) is 5.73 Å². The first kappa shape index (κ1) is 19.6. The highest BCUT2D eigenvalue weighted by atomic mass is 16.1. The zero-order chi connectivity index (χ0) is 19.3. The highest BCUT2D eigenvalue weighted by Gasteiger charge is 2.19. The maximum atomic E-state index is 12.1. The van der Waals surface area contributed by atoms with Gasteiger partial charge < -0.3 is 16.0 Å². The fraction of sp³-hybridized carbons (Fsp3) is 0.588. The lowest BCUT2D eigenvalue weighted by molar-refractivity contribution is -0.121. The van der Waals surface area contributed by atoms with Gasteiger partial charge in [0.1, 0.15) is 5.78 Å². The zero-order valence-corrected chi connectivity index (χ0v) is 15.1. The number of fused-ring (bicyclic) bond motifs is 1. The van der Waals surface area contributed by atoms with Crippen LogP contribution in [0.3, 0.4) is 0 Å². The molecule has 0 aliphatic rings. The molecule has 2 unspecified atom stereocenters. The van der Waals surface area contributed by atoms with E-state index in [0.717, 1.165) is 0 Å². The Morgan fingerprint density at radius 2 is 2.15 bits per heavy atom. The highest BCUT2D eigenvalue weighted by Crippen LogP contribution is 2.19. The van der Waals surface area contributed by atoms with Crippen LogP contribution in [0.4, 0.5) is 5.95 Å². The van der Waals surface area contributed by atoms with E-state index in [4.69, 9.17) is 16.7 Å². The van der Waals surface area contributed by atoms with E-state index in [0.29, 0.717) is 37.9 Å². The Morgan fingerprint density at radius 3 is 2.81 bits per heavy atom. The fourth-order valence-electron chi connectivity index (χ4n) is 2.82. The van der Waals surface area contributed by atoms with Gasteiger partial charge in [-0.1, -0.05) is 13.8 Å². The summed E-state index contributed by atoms with van der Waals surface area (Å²) in [5.41, 5.74) is 11.7. The van der Waals surface area contributed by atoms with Gasteiger partial charge in [-0.25, -0.2) is 4.98 Å². The minimum absolute atomic E-state index is 0.0250. The van der Waals surface area contributed by atoms with Crippen molar-refractivity contribution >= 4 is 22.9 Å². The third-order valence-electron chi connectivity index (χ3n) is 4.54. The van der Waals surface area contributed by atoms with E-state index in [2.05, 4.69) is 21.0 Å². The largest absolute Gasteiger partial charge is 0.369 e. The third kappa shape index (κ3) is 4.67. The number of hydrogen-bond donors (Lipinski definition) is 3. The lowest BCUT2D eigenvalue weighted by Crippen LogP contribution is -2.35. The number of nitriles is 1. The van der Waals surface area contributed by atoms with E-state index in [1.54, 1.807) is 4.57 Å². The number of carbonyl (C=O) groups excluding carboxylic acids is 1. The fourth-order valence-corrected chi connectivity index (χ4v) is 2.82. The lowest BCUT2D eigenvalue weighted by atomic mass is 9.91. The average Bonchev–Trinajstić information content (AvgIpc) is 2.99. The number of rotatable bonds is 9. The summed E-state index contributed by atoms with van der Waals surface area (Å²) in [7, 11) is 0. The van der Waals surface area contributed by atoms with Gasteiger partial charge in [-0.2, -0.15) is 10.2 Å². The number of hydrogen-bond acceptors (Lipinski definition) is 7. The monoisotopic (exact) mass is 359 g/mol. The number of Topliss-reactive ketones (excluding diaryl/α,β-unsaturated/α-hetero) is 1. The number of anilines is 1. The molecule has 9 heteroatoms. The molecule has 140 valence electrons. The predicted octanol–water partition coefficient (Wildman–Crippen LogP) is 0.954. The molecule has 2 heterocycles. The number of nitrogens with two attached hydrogens (primary N) is 2. The maximum absolute atomic E-state index is 12.1. The summed E-state index contributed by atoms with van der Waals surface area (Å²) in [6.07, 6.45) is 3.52. The molecule has 5 N–H and O–H groups in total. The van der Waals surface area contributed by atoms with Gasteiger partial charge in [0, 0.05) is 19.4 Å². The van der Waals surface area contributed by atoms with E-state index in [1.807, 2.05) is 13.8 Å². The molecule has 0 fully saturated rings. The van der Waals surface area contributed by atoms with Crippen molar-refractivity contribution in [2.24, 2.45) is 17.6 Å². The number of carbonyl (C=O) groups is 1. The van der Waals surface area contributed by atoms with Crippen molar-refractivity contribution in [2.45, 2.75) is 52.1 Å². The van der Waals surface area contributed by atoms with Gasteiger partial charge in [0.05, 0.1) is 18.4 Å². The number of aryl methyl sites for hydroxylation is 1. The number of nitrogen functional groups attached to an aromatic ring is 1. The number of imidazole rings is 1. The van der Waals surface area contributed by atoms with Crippen LogP contribution < -0.4 is 17.0 Å². The number of nitrogens with one attached hydrogen (secondary N) is 1. The zero-order valence-electron chi connectivity index (χ0n) is 15.1. The number of nitrogens with zero attached hydrogens (tertiary/aromatic N) is 4. The minimum Gasteiger partial charge on any atom is -0.369 e. The molecule has 0 spiro atoms. The summed E-state index contributed by atoms with van der Waals surface area (Å²) in [5.74, 6) is 0.215. The summed E-state index contributed by atoms with van der Waals surface area (Å²) in [6.45, 7) is 4.36. The van der Waals surface area contributed by atoms with E-state index in [9.17, 15) is 9.59 Å². The van der Waals surface area contributed by atoms with E-state index >= 15 is 0 Å². The molecule has 9 nitrogen and oxygen atoms in total. The second kappa shape index (κ2) is 8.58. The van der Waals surface area contributed by atoms with Crippen LogP contribution in [0.15, 0.2) is 11.1 Å². The summed E-state index contributed by atoms with van der Waals surface area (Å²) < 4.78 is 1.74. The standard InChI is InChI=1S/C17H25N7O2/c1-10(2)13(19)12(25)4-3-11(5-7-18)6-8-24-9-21-14-15(24)22-17(20)23-16(14)26/h9-11,13H,3-6,8,19H2,1-2H3,(H3,20,22,23,26). The first-order chi connectivity index (χ1) is 12.3. The first-order valence-corrected chi connectivity index (χ1v) is 8.69. The van der Waals surface area contributed by atoms with Gasteiger partial charge in [0.25, 0.3) is 5.56 Å². The first-order valence-electron chi connectivity index (χ1n) is 8.69. The molecular weight excluding hydrogens is 334 g/mol. The molecule has 0 aliphatic heterocycles. The van der Waals surface area contributed by atoms with Gasteiger partial charge in [-0.3, -0.25) is 14.6 Å². The number of aromatic nitrogens is 4. The normalized spacial score (nSPS) is 13.7.